The van der Waals surface area contributed by atoms with Crippen LogP contribution in [0.4, 0.5) is 0 Å². The van der Waals surface area contributed by atoms with Gasteiger partial charge in [-0.1, -0.05) is 12.1 Å². The molecule has 8 heteroatoms. The molecule has 0 aliphatic heterocycles. The molecule has 3 aromatic rings. The lowest BCUT2D eigenvalue weighted by atomic mass is 10.1. The zero-order valence-electron chi connectivity index (χ0n) is 15.2. The smallest absolute Gasteiger partial charge is 0.252 e. The standard InChI is InChI=1S/C19H20N2O5S/c1-12-5-4-6-15(7-12)27(23,24)20-11-14-8-13-9-17(25-2)18(26-3)10-16(13)21-19(14)22/h4-10,20H,11H2,1-3H3,(H,21,22). The van der Waals surface area contributed by atoms with Crippen molar-refractivity contribution in [3.63, 3.8) is 0 Å². The highest BCUT2D eigenvalue weighted by molar-refractivity contribution is 7.89. The van der Waals surface area contributed by atoms with Gasteiger partial charge in [-0.15, -0.1) is 0 Å². The van der Waals surface area contributed by atoms with Crippen LogP contribution in [0.15, 0.2) is 52.2 Å². The number of H-pyrrole nitrogens is 1. The van der Waals surface area contributed by atoms with Crippen molar-refractivity contribution in [2.45, 2.75) is 18.4 Å². The van der Waals surface area contributed by atoms with Crippen LogP contribution in [0.1, 0.15) is 11.1 Å². The first-order valence-electron chi connectivity index (χ1n) is 8.18. The Kier molecular flexibility index (Phi) is 5.20. The molecule has 0 atom stereocenters. The fourth-order valence-electron chi connectivity index (χ4n) is 2.75. The fourth-order valence-corrected chi connectivity index (χ4v) is 3.86. The summed E-state index contributed by atoms with van der Waals surface area (Å²) in [5.74, 6) is 1.01. The summed E-state index contributed by atoms with van der Waals surface area (Å²) in [7, 11) is -0.692. The highest BCUT2D eigenvalue weighted by Crippen LogP contribution is 2.31. The molecule has 2 N–H and O–H groups in total. The largest absolute Gasteiger partial charge is 0.493 e. The predicted molar refractivity (Wildman–Crippen MR) is 103 cm³/mol. The van der Waals surface area contributed by atoms with Crippen molar-refractivity contribution in [2.75, 3.05) is 14.2 Å². The molecule has 0 spiro atoms. The number of aryl methyl sites for hydroxylation is 1. The van der Waals surface area contributed by atoms with Gasteiger partial charge in [0.1, 0.15) is 0 Å². The highest BCUT2D eigenvalue weighted by atomic mass is 32.2. The average molecular weight is 388 g/mol. The van der Waals surface area contributed by atoms with Gasteiger partial charge in [0.25, 0.3) is 5.56 Å². The predicted octanol–water partition coefficient (Wildman–Crippen LogP) is 2.33. The van der Waals surface area contributed by atoms with Crippen molar-refractivity contribution in [3.05, 3.63) is 63.9 Å². The Morgan fingerprint density at radius 1 is 1.04 bits per heavy atom. The van der Waals surface area contributed by atoms with Gasteiger partial charge >= 0.3 is 0 Å². The van der Waals surface area contributed by atoms with Gasteiger partial charge in [0.15, 0.2) is 11.5 Å². The molecule has 7 nitrogen and oxygen atoms in total. The SMILES string of the molecule is COc1cc2cc(CNS(=O)(=O)c3cccc(C)c3)c(=O)[nH]c2cc1OC. The van der Waals surface area contributed by atoms with E-state index in [4.69, 9.17) is 9.47 Å². The van der Waals surface area contributed by atoms with Gasteiger partial charge in [0, 0.05) is 23.6 Å². The number of methoxy groups -OCH3 is 2. The van der Waals surface area contributed by atoms with Crippen LogP contribution in [-0.2, 0) is 16.6 Å². The van der Waals surface area contributed by atoms with Gasteiger partial charge in [-0.25, -0.2) is 13.1 Å². The molecule has 0 aliphatic rings. The van der Waals surface area contributed by atoms with Crippen molar-refractivity contribution in [1.82, 2.24) is 9.71 Å². The van der Waals surface area contributed by atoms with Crippen molar-refractivity contribution >= 4 is 20.9 Å². The summed E-state index contributed by atoms with van der Waals surface area (Å²) in [6, 6.07) is 11.6. The molecular weight excluding hydrogens is 368 g/mol. The van der Waals surface area contributed by atoms with Gasteiger partial charge in [0.2, 0.25) is 10.0 Å². The summed E-state index contributed by atoms with van der Waals surface area (Å²) in [4.78, 5) is 15.2. The third-order valence-electron chi connectivity index (χ3n) is 4.18. The monoisotopic (exact) mass is 388 g/mol. The van der Waals surface area contributed by atoms with Crippen molar-refractivity contribution < 1.29 is 17.9 Å². The highest BCUT2D eigenvalue weighted by Gasteiger charge is 2.15. The molecule has 0 amide bonds. The van der Waals surface area contributed by atoms with Gasteiger partial charge in [-0.2, -0.15) is 0 Å². The molecule has 27 heavy (non-hydrogen) atoms. The Labute approximate surface area is 157 Å². The number of ether oxygens (including phenoxy) is 2. The Hall–Kier alpha value is -2.84. The third-order valence-corrected chi connectivity index (χ3v) is 5.58. The third kappa shape index (κ3) is 3.96. The summed E-state index contributed by atoms with van der Waals surface area (Å²) in [6.07, 6.45) is 0. The molecule has 1 heterocycles. The van der Waals surface area contributed by atoms with E-state index in [-0.39, 0.29) is 17.0 Å². The van der Waals surface area contributed by atoms with E-state index in [9.17, 15) is 13.2 Å². The summed E-state index contributed by atoms with van der Waals surface area (Å²) >= 11 is 0. The normalized spacial score (nSPS) is 11.5. The van der Waals surface area contributed by atoms with Gasteiger partial charge in [0.05, 0.1) is 24.6 Å². The molecule has 0 saturated carbocycles. The molecule has 2 aromatic carbocycles. The van der Waals surface area contributed by atoms with Crippen LogP contribution >= 0.6 is 0 Å². The van der Waals surface area contributed by atoms with E-state index in [1.807, 2.05) is 13.0 Å². The Bertz CT molecular complexity index is 1150. The maximum absolute atomic E-state index is 12.5. The minimum absolute atomic E-state index is 0.129. The number of sulfonamides is 1. The first kappa shape index (κ1) is 18.9. The molecule has 142 valence electrons. The zero-order chi connectivity index (χ0) is 19.6. The lowest BCUT2D eigenvalue weighted by Gasteiger charge is -2.11. The maximum Gasteiger partial charge on any atom is 0.252 e. The minimum atomic E-state index is -3.72. The van der Waals surface area contributed by atoms with Crippen LogP contribution in [0.5, 0.6) is 11.5 Å². The zero-order valence-corrected chi connectivity index (χ0v) is 16.0. The lowest BCUT2D eigenvalue weighted by molar-refractivity contribution is 0.356. The van der Waals surface area contributed by atoms with E-state index in [2.05, 4.69) is 9.71 Å². The number of fused-ring (bicyclic) bond motifs is 1. The lowest BCUT2D eigenvalue weighted by Crippen LogP contribution is -2.27. The second kappa shape index (κ2) is 7.42. The molecule has 0 unspecified atom stereocenters. The second-order valence-electron chi connectivity index (χ2n) is 6.06. The Balaban J connectivity index is 1.93. The van der Waals surface area contributed by atoms with E-state index in [0.29, 0.717) is 28.0 Å². The van der Waals surface area contributed by atoms with Crippen molar-refractivity contribution in [1.29, 1.82) is 0 Å². The second-order valence-corrected chi connectivity index (χ2v) is 7.83. The van der Waals surface area contributed by atoms with E-state index >= 15 is 0 Å². The number of hydrogen-bond donors (Lipinski definition) is 2. The number of aromatic nitrogens is 1. The molecular formula is C19H20N2O5S. The molecule has 0 bridgehead atoms. The van der Waals surface area contributed by atoms with E-state index in [1.165, 1.54) is 20.3 Å². The van der Waals surface area contributed by atoms with Crippen LogP contribution in [0.2, 0.25) is 0 Å². The van der Waals surface area contributed by atoms with Crippen LogP contribution < -0.4 is 19.8 Å². The number of pyridine rings is 1. The molecule has 0 fully saturated rings. The molecule has 0 radical (unpaired) electrons. The van der Waals surface area contributed by atoms with E-state index in [1.54, 1.807) is 30.3 Å². The Morgan fingerprint density at radius 2 is 1.74 bits per heavy atom. The fraction of sp³-hybridized carbons (Fsp3) is 0.211. The van der Waals surface area contributed by atoms with Gasteiger partial charge in [-0.3, -0.25) is 4.79 Å². The van der Waals surface area contributed by atoms with Crippen molar-refractivity contribution in [2.24, 2.45) is 0 Å². The van der Waals surface area contributed by atoms with Gasteiger partial charge < -0.3 is 14.5 Å². The average Bonchev–Trinajstić information content (AvgIpc) is 2.65. The molecule has 1 aromatic heterocycles. The minimum Gasteiger partial charge on any atom is -0.493 e. The summed E-state index contributed by atoms with van der Waals surface area (Å²) < 4.78 is 37.9. The van der Waals surface area contributed by atoms with E-state index in [0.717, 1.165) is 5.56 Å². The Morgan fingerprint density at radius 3 is 2.41 bits per heavy atom. The van der Waals surface area contributed by atoms with Crippen LogP contribution in [0.3, 0.4) is 0 Å². The number of hydrogen-bond acceptors (Lipinski definition) is 5. The quantitative estimate of drug-likeness (QED) is 0.675. The van der Waals surface area contributed by atoms with E-state index < -0.39 is 10.0 Å². The summed E-state index contributed by atoms with van der Waals surface area (Å²) in [5, 5.41) is 0.706. The van der Waals surface area contributed by atoms with Crippen LogP contribution in [-0.4, -0.2) is 27.6 Å². The topological polar surface area (TPSA) is 97.5 Å². The number of rotatable bonds is 6. The summed E-state index contributed by atoms with van der Waals surface area (Å²) in [5.41, 5.74) is 1.33. The first-order valence-corrected chi connectivity index (χ1v) is 9.66. The van der Waals surface area contributed by atoms with Crippen LogP contribution in [0.25, 0.3) is 10.9 Å². The van der Waals surface area contributed by atoms with Crippen molar-refractivity contribution in [3.8, 4) is 11.5 Å². The molecule has 0 aliphatic carbocycles. The first-order chi connectivity index (χ1) is 12.8. The molecule has 3 rings (SSSR count). The van der Waals surface area contributed by atoms with Gasteiger partial charge in [-0.05, 0) is 36.8 Å². The molecule has 0 saturated heterocycles. The number of aromatic amines is 1. The summed E-state index contributed by atoms with van der Waals surface area (Å²) in [6.45, 7) is 1.69. The number of benzene rings is 2. The van der Waals surface area contributed by atoms with Crippen LogP contribution in [0, 0.1) is 6.92 Å². The maximum atomic E-state index is 12.5. The number of nitrogens with one attached hydrogen (secondary N) is 2.